The Balaban J connectivity index is 2.52. The van der Waals surface area contributed by atoms with Crippen molar-refractivity contribution in [2.75, 3.05) is 6.54 Å². The number of nitrogens with one attached hydrogen (secondary N) is 1. The van der Waals surface area contributed by atoms with Crippen LogP contribution in [0.1, 0.15) is 31.9 Å². The third kappa shape index (κ3) is 6.08. The van der Waals surface area contributed by atoms with E-state index in [2.05, 4.69) is 5.32 Å². The third-order valence-electron chi connectivity index (χ3n) is 2.34. The van der Waals surface area contributed by atoms with Crippen LogP contribution in [0.25, 0.3) is 6.08 Å². The number of alkyl carbamates (subject to hydrolysis) is 1. The second-order valence-corrected chi connectivity index (χ2v) is 5.72. The fourth-order valence-corrected chi connectivity index (χ4v) is 1.71. The Morgan fingerprint density at radius 2 is 2.15 bits per heavy atom. The average molecular weight is 298 g/mol. The number of amides is 1. The third-order valence-corrected chi connectivity index (χ3v) is 2.57. The van der Waals surface area contributed by atoms with Crippen LogP contribution in [-0.4, -0.2) is 23.3 Å². The molecule has 0 radical (unpaired) electrons. The summed E-state index contributed by atoms with van der Waals surface area (Å²) in [6.07, 6.45) is 3.15. The van der Waals surface area contributed by atoms with Crippen molar-refractivity contribution in [2.24, 2.45) is 0 Å². The van der Waals surface area contributed by atoms with Gasteiger partial charge in [-0.15, -0.1) is 0 Å². The number of aliphatic hydroxyl groups is 1. The highest BCUT2D eigenvalue weighted by molar-refractivity contribution is 6.30. The second-order valence-electron chi connectivity index (χ2n) is 5.29. The molecule has 0 saturated carbocycles. The summed E-state index contributed by atoms with van der Waals surface area (Å²) in [4.78, 5) is 11.4. The quantitative estimate of drug-likeness (QED) is 0.896. The molecule has 4 nitrogen and oxygen atoms in total. The molecule has 0 unspecified atom stereocenters. The highest BCUT2D eigenvalue weighted by Crippen LogP contribution is 2.17. The topological polar surface area (TPSA) is 58.6 Å². The Hall–Kier alpha value is -1.52. The van der Waals surface area contributed by atoms with E-state index in [0.717, 1.165) is 11.1 Å². The van der Waals surface area contributed by atoms with E-state index in [0.29, 0.717) is 11.6 Å². The van der Waals surface area contributed by atoms with E-state index in [9.17, 15) is 9.90 Å². The number of benzene rings is 1. The van der Waals surface area contributed by atoms with Crippen LogP contribution >= 0.6 is 11.6 Å². The van der Waals surface area contributed by atoms with Gasteiger partial charge in [-0.05, 0) is 44.0 Å². The predicted molar refractivity (Wildman–Crippen MR) is 80.6 cm³/mol. The van der Waals surface area contributed by atoms with E-state index in [1.165, 1.54) is 0 Å². The molecule has 0 fully saturated rings. The molecule has 2 N–H and O–H groups in total. The zero-order valence-corrected chi connectivity index (χ0v) is 12.7. The van der Waals surface area contributed by atoms with Crippen LogP contribution in [0.2, 0.25) is 5.02 Å². The molecule has 0 aliphatic heterocycles. The van der Waals surface area contributed by atoms with E-state index in [4.69, 9.17) is 16.3 Å². The fourth-order valence-electron chi connectivity index (χ4n) is 1.52. The lowest BCUT2D eigenvalue weighted by molar-refractivity contribution is 0.0534. The van der Waals surface area contributed by atoms with Crippen molar-refractivity contribution in [1.29, 1.82) is 0 Å². The monoisotopic (exact) mass is 297 g/mol. The summed E-state index contributed by atoms with van der Waals surface area (Å²) < 4.78 is 5.11. The van der Waals surface area contributed by atoms with Crippen molar-refractivity contribution in [3.05, 3.63) is 40.4 Å². The summed E-state index contributed by atoms with van der Waals surface area (Å²) in [5, 5.41) is 12.4. The van der Waals surface area contributed by atoms with Crippen LogP contribution < -0.4 is 5.32 Å². The first-order valence-corrected chi connectivity index (χ1v) is 6.72. The van der Waals surface area contributed by atoms with Crippen molar-refractivity contribution in [3.8, 4) is 0 Å². The lowest BCUT2D eigenvalue weighted by atomic mass is 10.1. The number of carbonyl (C=O) groups excluding carboxylic acids is 1. The van der Waals surface area contributed by atoms with Crippen molar-refractivity contribution in [2.45, 2.75) is 33.0 Å². The number of hydrogen-bond acceptors (Lipinski definition) is 3. The van der Waals surface area contributed by atoms with Crippen molar-refractivity contribution in [1.82, 2.24) is 5.32 Å². The predicted octanol–water partition coefficient (Wildman–Crippen LogP) is 3.37. The van der Waals surface area contributed by atoms with E-state index in [-0.39, 0.29) is 6.61 Å². The van der Waals surface area contributed by atoms with Gasteiger partial charge in [0, 0.05) is 11.6 Å². The molecular weight excluding hydrogens is 278 g/mol. The van der Waals surface area contributed by atoms with Crippen LogP contribution in [0, 0.1) is 0 Å². The largest absolute Gasteiger partial charge is 0.444 e. The number of halogens is 1. The van der Waals surface area contributed by atoms with Gasteiger partial charge in [0.2, 0.25) is 0 Å². The molecule has 0 spiro atoms. The van der Waals surface area contributed by atoms with Gasteiger partial charge in [-0.25, -0.2) is 4.79 Å². The molecule has 0 aliphatic rings. The highest BCUT2D eigenvalue weighted by atomic mass is 35.5. The molecule has 5 heteroatoms. The maximum atomic E-state index is 11.4. The lowest BCUT2D eigenvalue weighted by Crippen LogP contribution is -2.32. The normalized spacial score (nSPS) is 11.7. The molecule has 0 saturated heterocycles. The van der Waals surface area contributed by atoms with Gasteiger partial charge in [-0.2, -0.15) is 0 Å². The van der Waals surface area contributed by atoms with Gasteiger partial charge in [-0.3, -0.25) is 0 Å². The minimum absolute atomic E-state index is 0.0836. The van der Waals surface area contributed by atoms with Gasteiger partial charge >= 0.3 is 6.09 Å². The minimum atomic E-state index is -0.506. The summed E-state index contributed by atoms with van der Waals surface area (Å²) >= 11 is 5.85. The van der Waals surface area contributed by atoms with Gasteiger partial charge in [0.25, 0.3) is 0 Å². The van der Waals surface area contributed by atoms with Crippen molar-refractivity contribution >= 4 is 23.8 Å². The first kappa shape index (κ1) is 16.5. The summed E-state index contributed by atoms with van der Waals surface area (Å²) in [5.41, 5.74) is 1.10. The Kier molecular flexibility index (Phi) is 6.05. The summed E-state index contributed by atoms with van der Waals surface area (Å²) in [6, 6.07) is 5.28. The number of hydrogen-bond donors (Lipinski definition) is 2. The molecule has 1 rings (SSSR count). The van der Waals surface area contributed by atoms with Crippen LogP contribution in [-0.2, 0) is 11.3 Å². The zero-order chi connectivity index (χ0) is 15.2. The SMILES string of the molecule is CC(C)(C)OC(=O)NCC=Cc1ccc(Cl)cc1CO. The smallest absolute Gasteiger partial charge is 0.407 e. The molecule has 20 heavy (non-hydrogen) atoms. The molecular formula is C15H20ClNO3. The van der Waals surface area contributed by atoms with Crippen molar-refractivity contribution < 1.29 is 14.6 Å². The molecule has 1 amide bonds. The molecule has 110 valence electrons. The number of ether oxygens (including phenoxy) is 1. The first-order chi connectivity index (χ1) is 9.31. The van der Waals surface area contributed by atoms with E-state index in [1.54, 1.807) is 18.2 Å². The molecule has 1 aromatic rings. The van der Waals surface area contributed by atoms with E-state index in [1.807, 2.05) is 32.9 Å². The van der Waals surface area contributed by atoms with Gasteiger partial charge in [0.1, 0.15) is 5.60 Å². The van der Waals surface area contributed by atoms with Crippen LogP contribution in [0.3, 0.4) is 0 Å². The minimum Gasteiger partial charge on any atom is -0.444 e. The van der Waals surface area contributed by atoms with Gasteiger partial charge in [-0.1, -0.05) is 29.8 Å². The maximum absolute atomic E-state index is 11.4. The molecule has 1 aromatic carbocycles. The van der Waals surface area contributed by atoms with Crippen molar-refractivity contribution in [3.63, 3.8) is 0 Å². The van der Waals surface area contributed by atoms with E-state index < -0.39 is 11.7 Å². The summed E-state index contributed by atoms with van der Waals surface area (Å²) in [6.45, 7) is 5.69. The summed E-state index contributed by atoms with van der Waals surface area (Å²) in [7, 11) is 0. The average Bonchev–Trinajstić information content (AvgIpc) is 2.33. The number of rotatable bonds is 4. The zero-order valence-electron chi connectivity index (χ0n) is 11.9. The standard InChI is InChI=1S/C15H20ClNO3/c1-15(2,3)20-14(19)17-8-4-5-11-6-7-13(16)9-12(11)10-18/h4-7,9,18H,8,10H2,1-3H3,(H,17,19). The second kappa shape index (κ2) is 7.31. The number of aliphatic hydroxyl groups excluding tert-OH is 1. The van der Waals surface area contributed by atoms with Gasteiger partial charge < -0.3 is 15.2 Å². The van der Waals surface area contributed by atoms with Crippen LogP contribution in [0.5, 0.6) is 0 Å². The molecule has 0 atom stereocenters. The van der Waals surface area contributed by atoms with Crippen LogP contribution in [0.15, 0.2) is 24.3 Å². The highest BCUT2D eigenvalue weighted by Gasteiger charge is 2.14. The van der Waals surface area contributed by atoms with Crippen LogP contribution in [0.4, 0.5) is 4.79 Å². The Bertz CT molecular complexity index is 492. The maximum Gasteiger partial charge on any atom is 0.407 e. The lowest BCUT2D eigenvalue weighted by Gasteiger charge is -2.19. The van der Waals surface area contributed by atoms with Gasteiger partial charge in [0.15, 0.2) is 0 Å². The van der Waals surface area contributed by atoms with Gasteiger partial charge in [0.05, 0.1) is 6.61 Å². The Morgan fingerprint density at radius 3 is 2.75 bits per heavy atom. The fraction of sp³-hybridized carbons (Fsp3) is 0.400. The molecule has 0 aromatic heterocycles. The molecule has 0 heterocycles. The van der Waals surface area contributed by atoms with E-state index >= 15 is 0 Å². The first-order valence-electron chi connectivity index (χ1n) is 6.34. The Labute approximate surface area is 124 Å². The summed E-state index contributed by atoms with van der Waals surface area (Å²) in [5.74, 6) is 0. The number of carbonyl (C=O) groups is 1. The Morgan fingerprint density at radius 1 is 1.45 bits per heavy atom. The molecule has 0 bridgehead atoms. The molecule has 0 aliphatic carbocycles.